The highest BCUT2D eigenvalue weighted by atomic mass is 16.3. The van der Waals surface area contributed by atoms with Crippen LogP contribution in [0.2, 0.25) is 0 Å². The Labute approximate surface area is 122 Å². The second kappa shape index (κ2) is 7.14. The Balaban J connectivity index is 1.76. The molecule has 2 aromatic rings. The van der Waals surface area contributed by atoms with Crippen molar-refractivity contribution in [1.82, 2.24) is 14.9 Å². The molecule has 0 saturated heterocycles. The van der Waals surface area contributed by atoms with E-state index in [-0.39, 0.29) is 11.7 Å². The number of amides is 1. The number of rotatable bonds is 6. The smallest absolute Gasteiger partial charge is 0.244 e. The van der Waals surface area contributed by atoms with E-state index < -0.39 is 0 Å². The summed E-state index contributed by atoms with van der Waals surface area (Å²) in [5, 5.41) is 12.2. The van der Waals surface area contributed by atoms with Gasteiger partial charge >= 0.3 is 0 Å². The first-order chi connectivity index (χ1) is 10.1. The van der Waals surface area contributed by atoms with Crippen LogP contribution in [0.15, 0.2) is 43.0 Å². The fourth-order valence-electron chi connectivity index (χ4n) is 1.82. The number of aromatic nitrogens is 2. The summed E-state index contributed by atoms with van der Waals surface area (Å²) >= 11 is 0. The zero-order valence-corrected chi connectivity index (χ0v) is 11.6. The van der Waals surface area contributed by atoms with E-state index in [0.29, 0.717) is 17.8 Å². The molecule has 4 N–H and O–H groups in total. The van der Waals surface area contributed by atoms with Gasteiger partial charge in [0.15, 0.2) is 0 Å². The number of hydrogen-bond acceptors (Lipinski definition) is 4. The van der Waals surface area contributed by atoms with Crippen molar-refractivity contribution in [3.8, 4) is 5.75 Å². The predicted octanol–water partition coefficient (Wildman–Crippen LogP) is 1.39. The molecule has 1 heterocycles. The number of hydrogen-bond donors (Lipinski definition) is 3. The highest BCUT2D eigenvalue weighted by Crippen LogP contribution is 2.19. The monoisotopic (exact) mass is 286 g/mol. The van der Waals surface area contributed by atoms with Crippen molar-refractivity contribution < 1.29 is 9.90 Å². The molecule has 0 saturated carbocycles. The van der Waals surface area contributed by atoms with Gasteiger partial charge in [-0.25, -0.2) is 4.98 Å². The molecule has 6 nitrogen and oxygen atoms in total. The SMILES string of the molecule is Nc1ccc(O)cc1C=CC(=O)NCCCn1ccnc1. The molecule has 110 valence electrons. The number of phenolic OH excluding ortho intramolecular Hbond substituents is 1. The van der Waals surface area contributed by atoms with Gasteiger partial charge in [0.05, 0.1) is 6.33 Å². The van der Waals surface area contributed by atoms with Crippen molar-refractivity contribution in [2.24, 2.45) is 0 Å². The van der Waals surface area contributed by atoms with Gasteiger partial charge in [-0.2, -0.15) is 0 Å². The number of aromatic hydroxyl groups is 1. The average molecular weight is 286 g/mol. The van der Waals surface area contributed by atoms with Crippen LogP contribution >= 0.6 is 0 Å². The molecule has 0 aliphatic carbocycles. The number of aryl methyl sites for hydroxylation is 1. The summed E-state index contributed by atoms with van der Waals surface area (Å²) in [4.78, 5) is 15.6. The van der Waals surface area contributed by atoms with Crippen molar-refractivity contribution in [1.29, 1.82) is 0 Å². The number of carbonyl (C=O) groups is 1. The minimum Gasteiger partial charge on any atom is -0.508 e. The molecule has 0 aliphatic rings. The van der Waals surface area contributed by atoms with Crippen LogP contribution in [-0.4, -0.2) is 27.1 Å². The molecule has 1 amide bonds. The standard InChI is InChI=1S/C15H18N4O2/c16-14-4-3-13(20)10-12(14)2-5-15(21)18-6-1-8-19-9-7-17-11-19/h2-5,7,9-11,20H,1,6,8,16H2,(H,18,21). The Morgan fingerprint density at radius 1 is 1.48 bits per heavy atom. The van der Waals surface area contributed by atoms with Gasteiger partial charge in [-0.1, -0.05) is 0 Å². The van der Waals surface area contributed by atoms with Crippen LogP contribution in [0.25, 0.3) is 6.08 Å². The van der Waals surface area contributed by atoms with Gasteiger partial charge in [0.1, 0.15) is 5.75 Å². The lowest BCUT2D eigenvalue weighted by Gasteiger charge is -2.04. The minimum atomic E-state index is -0.191. The highest BCUT2D eigenvalue weighted by molar-refractivity contribution is 5.92. The number of imidazole rings is 1. The molecule has 0 radical (unpaired) electrons. The summed E-state index contributed by atoms with van der Waals surface area (Å²) < 4.78 is 1.95. The third-order valence-electron chi connectivity index (χ3n) is 2.94. The molecule has 2 rings (SSSR count). The molecule has 0 bridgehead atoms. The predicted molar refractivity (Wildman–Crippen MR) is 81.4 cm³/mol. The summed E-state index contributed by atoms with van der Waals surface area (Å²) in [5.74, 6) is -0.0760. The second-order valence-electron chi connectivity index (χ2n) is 4.59. The van der Waals surface area contributed by atoms with Gasteiger partial charge in [0.2, 0.25) is 5.91 Å². The van der Waals surface area contributed by atoms with Crippen molar-refractivity contribution in [3.05, 3.63) is 48.6 Å². The first-order valence-electron chi connectivity index (χ1n) is 6.65. The molecule has 21 heavy (non-hydrogen) atoms. The Bertz CT molecular complexity index is 621. The van der Waals surface area contributed by atoms with E-state index in [1.807, 2.05) is 10.8 Å². The highest BCUT2D eigenvalue weighted by Gasteiger charge is 1.99. The van der Waals surface area contributed by atoms with Gasteiger partial charge in [-0.15, -0.1) is 0 Å². The Morgan fingerprint density at radius 3 is 3.10 bits per heavy atom. The molecule has 6 heteroatoms. The van der Waals surface area contributed by atoms with E-state index in [1.54, 1.807) is 24.7 Å². The van der Waals surface area contributed by atoms with Crippen LogP contribution in [0.5, 0.6) is 5.75 Å². The van der Waals surface area contributed by atoms with Crippen molar-refractivity contribution >= 4 is 17.7 Å². The lowest BCUT2D eigenvalue weighted by Crippen LogP contribution is -2.23. The summed E-state index contributed by atoms with van der Waals surface area (Å²) in [6.07, 6.45) is 9.16. The van der Waals surface area contributed by atoms with Crippen molar-refractivity contribution in [3.63, 3.8) is 0 Å². The molecular formula is C15H18N4O2. The van der Waals surface area contributed by atoms with Crippen LogP contribution in [0, 0.1) is 0 Å². The zero-order chi connectivity index (χ0) is 15.1. The Morgan fingerprint density at radius 2 is 2.33 bits per heavy atom. The zero-order valence-electron chi connectivity index (χ0n) is 11.6. The van der Waals surface area contributed by atoms with Crippen LogP contribution in [0.4, 0.5) is 5.69 Å². The molecule has 0 fully saturated rings. The van der Waals surface area contributed by atoms with Crippen LogP contribution in [-0.2, 0) is 11.3 Å². The van der Waals surface area contributed by atoms with Crippen LogP contribution < -0.4 is 11.1 Å². The average Bonchev–Trinajstić information content (AvgIpc) is 2.98. The molecule has 1 aromatic carbocycles. The lowest BCUT2D eigenvalue weighted by atomic mass is 10.1. The fraction of sp³-hybridized carbons (Fsp3) is 0.200. The molecule has 0 spiro atoms. The van der Waals surface area contributed by atoms with Gasteiger partial charge in [-0.05, 0) is 30.7 Å². The topological polar surface area (TPSA) is 93.2 Å². The number of anilines is 1. The van der Waals surface area contributed by atoms with Crippen LogP contribution in [0.3, 0.4) is 0 Å². The summed E-state index contributed by atoms with van der Waals surface area (Å²) in [5.41, 5.74) is 6.87. The quantitative estimate of drug-likeness (QED) is 0.324. The fourth-order valence-corrected chi connectivity index (χ4v) is 1.82. The molecular weight excluding hydrogens is 268 g/mol. The van der Waals surface area contributed by atoms with E-state index >= 15 is 0 Å². The van der Waals surface area contributed by atoms with E-state index in [4.69, 9.17) is 5.73 Å². The summed E-state index contributed by atoms with van der Waals surface area (Å²) in [7, 11) is 0. The van der Waals surface area contributed by atoms with E-state index in [2.05, 4.69) is 10.3 Å². The van der Waals surface area contributed by atoms with E-state index in [1.165, 1.54) is 18.2 Å². The lowest BCUT2D eigenvalue weighted by molar-refractivity contribution is -0.116. The van der Waals surface area contributed by atoms with E-state index in [0.717, 1.165) is 13.0 Å². The van der Waals surface area contributed by atoms with Gasteiger partial charge in [0.25, 0.3) is 0 Å². The number of phenols is 1. The number of benzene rings is 1. The van der Waals surface area contributed by atoms with Gasteiger partial charge < -0.3 is 20.7 Å². The van der Waals surface area contributed by atoms with E-state index in [9.17, 15) is 9.90 Å². The first-order valence-corrected chi connectivity index (χ1v) is 6.65. The molecule has 0 atom stereocenters. The number of nitrogens with zero attached hydrogens (tertiary/aromatic N) is 2. The van der Waals surface area contributed by atoms with Gasteiger partial charge in [-0.3, -0.25) is 4.79 Å². The number of carbonyl (C=O) groups excluding carboxylic acids is 1. The maximum atomic E-state index is 11.7. The third-order valence-corrected chi connectivity index (χ3v) is 2.94. The summed E-state index contributed by atoms with van der Waals surface area (Å²) in [6, 6.07) is 4.61. The third kappa shape index (κ3) is 4.68. The largest absolute Gasteiger partial charge is 0.508 e. The molecule has 0 aliphatic heterocycles. The maximum absolute atomic E-state index is 11.7. The second-order valence-corrected chi connectivity index (χ2v) is 4.59. The van der Waals surface area contributed by atoms with Crippen molar-refractivity contribution in [2.75, 3.05) is 12.3 Å². The number of nitrogens with one attached hydrogen (secondary N) is 1. The normalized spacial score (nSPS) is 10.9. The number of nitrogens with two attached hydrogens (primary N) is 1. The molecule has 1 aromatic heterocycles. The minimum absolute atomic E-state index is 0.115. The van der Waals surface area contributed by atoms with Crippen LogP contribution in [0.1, 0.15) is 12.0 Å². The summed E-state index contributed by atoms with van der Waals surface area (Å²) in [6.45, 7) is 1.39. The van der Waals surface area contributed by atoms with Crippen molar-refractivity contribution in [2.45, 2.75) is 13.0 Å². The maximum Gasteiger partial charge on any atom is 0.244 e. The Hall–Kier alpha value is -2.76. The first kappa shape index (κ1) is 14.6. The number of nitrogen functional groups attached to an aromatic ring is 1. The van der Waals surface area contributed by atoms with Gasteiger partial charge in [0, 0.05) is 42.8 Å². The Kier molecular flexibility index (Phi) is 4.98. The molecule has 0 unspecified atom stereocenters.